The van der Waals surface area contributed by atoms with Crippen molar-refractivity contribution in [1.29, 1.82) is 0 Å². The minimum atomic E-state index is -0.200. The Hall–Kier alpha value is -1.58. The molecule has 1 saturated carbocycles. The highest BCUT2D eigenvalue weighted by molar-refractivity contribution is 5.79. The molecule has 2 N–H and O–H groups in total. The lowest BCUT2D eigenvalue weighted by Crippen LogP contribution is -2.44. The van der Waals surface area contributed by atoms with E-state index in [0.29, 0.717) is 12.6 Å². The van der Waals surface area contributed by atoms with Crippen molar-refractivity contribution in [3.05, 3.63) is 35.6 Å². The SMILES string of the molecule is CN=C(NCc1cccc(F)c1)NC1CCC(C)CC1. The van der Waals surface area contributed by atoms with Gasteiger partial charge in [0.05, 0.1) is 0 Å². The van der Waals surface area contributed by atoms with Gasteiger partial charge in [0.15, 0.2) is 5.96 Å². The molecule has 0 radical (unpaired) electrons. The molecule has 4 heteroatoms. The van der Waals surface area contributed by atoms with Crippen molar-refractivity contribution in [2.75, 3.05) is 7.05 Å². The van der Waals surface area contributed by atoms with Crippen molar-refractivity contribution < 1.29 is 4.39 Å². The molecule has 1 aliphatic carbocycles. The first-order chi connectivity index (χ1) is 9.67. The van der Waals surface area contributed by atoms with Crippen LogP contribution in [0.25, 0.3) is 0 Å². The van der Waals surface area contributed by atoms with Crippen molar-refractivity contribution >= 4 is 5.96 Å². The van der Waals surface area contributed by atoms with Crippen LogP contribution in [-0.2, 0) is 6.54 Å². The smallest absolute Gasteiger partial charge is 0.191 e. The van der Waals surface area contributed by atoms with Crippen molar-refractivity contribution in [3.63, 3.8) is 0 Å². The number of hydrogen-bond donors (Lipinski definition) is 2. The number of guanidine groups is 1. The molecule has 1 aromatic carbocycles. The predicted molar refractivity (Wildman–Crippen MR) is 81.2 cm³/mol. The molecule has 0 bridgehead atoms. The number of benzene rings is 1. The van der Waals surface area contributed by atoms with Gasteiger partial charge in [0.25, 0.3) is 0 Å². The van der Waals surface area contributed by atoms with E-state index in [1.54, 1.807) is 19.2 Å². The molecule has 3 nitrogen and oxygen atoms in total. The summed E-state index contributed by atoms with van der Waals surface area (Å²) in [5.41, 5.74) is 0.921. The normalized spacial score (nSPS) is 23.4. The summed E-state index contributed by atoms with van der Waals surface area (Å²) in [6.45, 7) is 2.90. The summed E-state index contributed by atoms with van der Waals surface area (Å²) >= 11 is 0. The van der Waals surface area contributed by atoms with Crippen molar-refractivity contribution in [3.8, 4) is 0 Å². The first kappa shape index (κ1) is 14.8. The lowest BCUT2D eigenvalue weighted by atomic mass is 9.87. The van der Waals surface area contributed by atoms with Crippen LogP contribution in [0.4, 0.5) is 4.39 Å². The number of halogens is 1. The molecule has 0 aromatic heterocycles. The summed E-state index contributed by atoms with van der Waals surface area (Å²) in [7, 11) is 1.77. The molecular formula is C16H24FN3. The van der Waals surface area contributed by atoms with Crippen LogP contribution in [0.1, 0.15) is 38.2 Å². The van der Waals surface area contributed by atoms with E-state index in [9.17, 15) is 4.39 Å². The Labute approximate surface area is 120 Å². The summed E-state index contributed by atoms with van der Waals surface area (Å²) in [4.78, 5) is 4.24. The molecule has 0 atom stereocenters. The quantitative estimate of drug-likeness (QED) is 0.658. The fourth-order valence-electron chi connectivity index (χ4n) is 2.63. The fraction of sp³-hybridized carbons (Fsp3) is 0.562. The fourth-order valence-corrected chi connectivity index (χ4v) is 2.63. The monoisotopic (exact) mass is 277 g/mol. The third-order valence-electron chi connectivity index (χ3n) is 3.93. The molecule has 1 fully saturated rings. The average Bonchev–Trinajstić information content (AvgIpc) is 2.45. The van der Waals surface area contributed by atoms with E-state index in [2.05, 4.69) is 22.5 Å². The van der Waals surface area contributed by atoms with Gasteiger partial charge in [-0.15, -0.1) is 0 Å². The van der Waals surface area contributed by atoms with Crippen molar-refractivity contribution in [1.82, 2.24) is 10.6 Å². The molecular weight excluding hydrogens is 253 g/mol. The third kappa shape index (κ3) is 4.51. The molecule has 0 amide bonds. The average molecular weight is 277 g/mol. The number of rotatable bonds is 3. The van der Waals surface area contributed by atoms with E-state index in [4.69, 9.17) is 0 Å². The minimum absolute atomic E-state index is 0.200. The maximum atomic E-state index is 13.1. The van der Waals surface area contributed by atoms with Crippen LogP contribution in [0.2, 0.25) is 0 Å². The maximum Gasteiger partial charge on any atom is 0.191 e. The van der Waals surface area contributed by atoms with Gasteiger partial charge in [-0.2, -0.15) is 0 Å². The van der Waals surface area contributed by atoms with Gasteiger partial charge < -0.3 is 10.6 Å². The lowest BCUT2D eigenvalue weighted by Gasteiger charge is -2.28. The molecule has 0 heterocycles. The summed E-state index contributed by atoms with van der Waals surface area (Å²) in [6, 6.07) is 7.14. The second-order valence-corrected chi connectivity index (χ2v) is 5.66. The van der Waals surface area contributed by atoms with Gasteiger partial charge in [0.1, 0.15) is 5.82 Å². The van der Waals surface area contributed by atoms with Gasteiger partial charge in [-0.25, -0.2) is 4.39 Å². The van der Waals surface area contributed by atoms with Gasteiger partial charge in [-0.3, -0.25) is 4.99 Å². The zero-order valence-electron chi connectivity index (χ0n) is 12.3. The molecule has 2 rings (SSSR count). The largest absolute Gasteiger partial charge is 0.354 e. The minimum Gasteiger partial charge on any atom is -0.354 e. The zero-order valence-corrected chi connectivity index (χ0v) is 12.3. The van der Waals surface area contributed by atoms with Crippen LogP contribution in [-0.4, -0.2) is 19.0 Å². The Morgan fingerprint density at radius 2 is 2.05 bits per heavy atom. The first-order valence-electron chi connectivity index (χ1n) is 7.39. The molecule has 1 aromatic rings. The van der Waals surface area contributed by atoms with Gasteiger partial charge in [0.2, 0.25) is 0 Å². The molecule has 1 aliphatic rings. The van der Waals surface area contributed by atoms with Gasteiger partial charge >= 0.3 is 0 Å². The van der Waals surface area contributed by atoms with Gasteiger partial charge in [0, 0.05) is 19.6 Å². The van der Waals surface area contributed by atoms with Crippen LogP contribution in [0.3, 0.4) is 0 Å². The Morgan fingerprint density at radius 1 is 1.30 bits per heavy atom. The maximum absolute atomic E-state index is 13.1. The summed E-state index contributed by atoms with van der Waals surface area (Å²) < 4.78 is 13.1. The number of aliphatic imine (C=N–C) groups is 1. The number of hydrogen-bond acceptors (Lipinski definition) is 1. The Bertz CT molecular complexity index is 451. The molecule has 0 spiro atoms. The lowest BCUT2D eigenvalue weighted by molar-refractivity contribution is 0.329. The molecule has 0 unspecified atom stereocenters. The van der Waals surface area contributed by atoms with E-state index in [1.165, 1.54) is 31.7 Å². The van der Waals surface area contributed by atoms with E-state index >= 15 is 0 Å². The molecule has 20 heavy (non-hydrogen) atoms. The number of nitrogens with zero attached hydrogens (tertiary/aromatic N) is 1. The predicted octanol–water partition coefficient (Wildman–Crippen LogP) is 3.07. The Kier molecular flexibility index (Phi) is 5.39. The molecule has 110 valence electrons. The zero-order chi connectivity index (χ0) is 14.4. The van der Waals surface area contributed by atoms with E-state index in [-0.39, 0.29) is 5.82 Å². The van der Waals surface area contributed by atoms with Crippen LogP contribution < -0.4 is 10.6 Å². The third-order valence-corrected chi connectivity index (χ3v) is 3.93. The van der Waals surface area contributed by atoms with Crippen molar-refractivity contribution in [2.24, 2.45) is 10.9 Å². The van der Waals surface area contributed by atoms with Crippen LogP contribution in [0.15, 0.2) is 29.3 Å². The van der Waals surface area contributed by atoms with E-state index in [1.807, 2.05) is 6.07 Å². The topological polar surface area (TPSA) is 36.4 Å². The van der Waals surface area contributed by atoms with Gasteiger partial charge in [-0.05, 0) is 49.3 Å². The highest BCUT2D eigenvalue weighted by Crippen LogP contribution is 2.23. The summed E-state index contributed by atoms with van der Waals surface area (Å²) in [6.07, 6.45) is 4.95. The van der Waals surface area contributed by atoms with Crippen LogP contribution >= 0.6 is 0 Å². The Balaban J connectivity index is 1.81. The van der Waals surface area contributed by atoms with E-state index in [0.717, 1.165) is 17.4 Å². The highest BCUT2D eigenvalue weighted by atomic mass is 19.1. The number of nitrogens with one attached hydrogen (secondary N) is 2. The summed E-state index contributed by atoms with van der Waals surface area (Å²) in [5, 5.41) is 6.70. The highest BCUT2D eigenvalue weighted by Gasteiger charge is 2.18. The standard InChI is InChI=1S/C16H24FN3/c1-12-6-8-15(9-7-12)20-16(18-2)19-11-13-4-3-5-14(17)10-13/h3-5,10,12,15H,6-9,11H2,1-2H3,(H2,18,19,20). The molecule has 0 aliphatic heterocycles. The Morgan fingerprint density at radius 3 is 2.70 bits per heavy atom. The van der Waals surface area contributed by atoms with Crippen LogP contribution in [0.5, 0.6) is 0 Å². The van der Waals surface area contributed by atoms with Crippen LogP contribution in [0, 0.1) is 11.7 Å². The molecule has 0 saturated heterocycles. The second kappa shape index (κ2) is 7.27. The van der Waals surface area contributed by atoms with Crippen molar-refractivity contribution in [2.45, 2.75) is 45.2 Å². The first-order valence-corrected chi connectivity index (χ1v) is 7.39. The summed E-state index contributed by atoms with van der Waals surface area (Å²) in [5.74, 6) is 1.44. The second-order valence-electron chi connectivity index (χ2n) is 5.66. The van der Waals surface area contributed by atoms with E-state index < -0.39 is 0 Å². The van der Waals surface area contributed by atoms with Gasteiger partial charge in [-0.1, -0.05) is 19.1 Å².